The van der Waals surface area contributed by atoms with Gasteiger partial charge in [0.15, 0.2) is 0 Å². The van der Waals surface area contributed by atoms with E-state index in [1.807, 2.05) is 0 Å². The molecule has 82 valence electrons. The first-order valence-corrected chi connectivity index (χ1v) is 5.46. The van der Waals surface area contributed by atoms with Crippen LogP contribution < -0.4 is 16.2 Å². The van der Waals surface area contributed by atoms with Gasteiger partial charge in [0.1, 0.15) is 11.5 Å². The standard InChI is InChI=1S/C9H12N2O3S/c1-14-6-2-3-7(10)8(4-6)15(13)5-9(11)12/h2-4H,5,10H2,1H3,(H2,11,12). The van der Waals surface area contributed by atoms with Crippen molar-refractivity contribution in [3.05, 3.63) is 18.2 Å². The molecule has 1 unspecified atom stereocenters. The van der Waals surface area contributed by atoms with Crippen molar-refractivity contribution in [1.29, 1.82) is 0 Å². The van der Waals surface area contributed by atoms with Crippen LogP contribution in [0.4, 0.5) is 5.69 Å². The van der Waals surface area contributed by atoms with E-state index in [0.717, 1.165) is 0 Å². The number of rotatable bonds is 4. The summed E-state index contributed by atoms with van der Waals surface area (Å²) in [5.41, 5.74) is 10.9. The van der Waals surface area contributed by atoms with Crippen LogP contribution in [0.15, 0.2) is 23.1 Å². The second-order valence-corrected chi connectivity index (χ2v) is 4.28. The van der Waals surface area contributed by atoms with E-state index in [9.17, 15) is 9.00 Å². The predicted octanol–water partition coefficient (Wildman–Crippen LogP) is -0.130. The zero-order valence-electron chi connectivity index (χ0n) is 8.23. The number of nitrogens with two attached hydrogens (primary N) is 2. The quantitative estimate of drug-likeness (QED) is 0.702. The summed E-state index contributed by atoms with van der Waals surface area (Å²) >= 11 is 0. The van der Waals surface area contributed by atoms with E-state index in [1.165, 1.54) is 13.2 Å². The molecule has 0 bridgehead atoms. The van der Waals surface area contributed by atoms with E-state index in [2.05, 4.69) is 0 Å². The maximum absolute atomic E-state index is 11.6. The lowest BCUT2D eigenvalue weighted by Crippen LogP contribution is -2.19. The molecule has 1 amide bonds. The summed E-state index contributed by atoms with van der Waals surface area (Å²) in [6.07, 6.45) is 0. The van der Waals surface area contributed by atoms with Crippen LogP contribution in [0.25, 0.3) is 0 Å². The Hall–Kier alpha value is -1.56. The van der Waals surface area contributed by atoms with Crippen molar-refractivity contribution in [2.45, 2.75) is 4.90 Å². The number of carbonyl (C=O) groups excluding carboxylic acids is 1. The topological polar surface area (TPSA) is 95.4 Å². The fourth-order valence-corrected chi connectivity index (χ4v) is 2.04. The average molecular weight is 228 g/mol. The molecule has 0 aromatic heterocycles. The number of nitrogen functional groups attached to an aromatic ring is 1. The average Bonchev–Trinajstić information content (AvgIpc) is 2.17. The smallest absolute Gasteiger partial charge is 0.230 e. The molecule has 0 saturated carbocycles. The molecule has 15 heavy (non-hydrogen) atoms. The van der Waals surface area contributed by atoms with Crippen LogP contribution in [0.2, 0.25) is 0 Å². The summed E-state index contributed by atoms with van der Waals surface area (Å²) in [4.78, 5) is 11.0. The van der Waals surface area contributed by atoms with Gasteiger partial charge in [0.05, 0.1) is 22.8 Å². The number of benzene rings is 1. The number of primary amides is 1. The summed E-state index contributed by atoms with van der Waals surface area (Å²) in [5, 5.41) is 0. The highest BCUT2D eigenvalue weighted by molar-refractivity contribution is 7.86. The normalized spacial score (nSPS) is 12.1. The highest BCUT2D eigenvalue weighted by atomic mass is 32.2. The highest BCUT2D eigenvalue weighted by Gasteiger charge is 2.11. The van der Waals surface area contributed by atoms with Crippen LogP contribution >= 0.6 is 0 Å². The largest absolute Gasteiger partial charge is 0.497 e. The van der Waals surface area contributed by atoms with Gasteiger partial charge >= 0.3 is 0 Å². The minimum absolute atomic E-state index is 0.239. The number of hydrogen-bond acceptors (Lipinski definition) is 4. The Balaban J connectivity index is 3.01. The first kappa shape index (κ1) is 11.5. The number of hydrogen-bond donors (Lipinski definition) is 2. The molecule has 0 radical (unpaired) electrons. The molecule has 0 aliphatic heterocycles. The van der Waals surface area contributed by atoms with Gasteiger partial charge < -0.3 is 16.2 Å². The van der Waals surface area contributed by atoms with Gasteiger partial charge in [-0.1, -0.05) is 0 Å². The van der Waals surface area contributed by atoms with Crippen molar-refractivity contribution in [1.82, 2.24) is 0 Å². The summed E-state index contributed by atoms with van der Waals surface area (Å²) in [6.45, 7) is 0. The molecule has 0 heterocycles. The second kappa shape index (κ2) is 4.79. The van der Waals surface area contributed by atoms with Gasteiger partial charge in [-0.25, -0.2) is 0 Å². The molecular weight excluding hydrogens is 216 g/mol. The Morgan fingerprint density at radius 1 is 1.53 bits per heavy atom. The first-order valence-electron chi connectivity index (χ1n) is 4.14. The van der Waals surface area contributed by atoms with Crippen LogP contribution in [0.1, 0.15) is 0 Å². The van der Waals surface area contributed by atoms with Crippen molar-refractivity contribution < 1.29 is 13.7 Å². The highest BCUT2D eigenvalue weighted by Crippen LogP contribution is 2.22. The second-order valence-electron chi connectivity index (χ2n) is 2.86. The van der Waals surface area contributed by atoms with E-state index in [4.69, 9.17) is 16.2 Å². The van der Waals surface area contributed by atoms with E-state index >= 15 is 0 Å². The fraction of sp³-hybridized carbons (Fsp3) is 0.222. The zero-order valence-corrected chi connectivity index (χ0v) is 9.04. The maximum Gasteiger partial charge on any atom is 0.230 e. The van der Waals surface area contributed by atoms with Crippen LogP contribution in [0, 0.1) is 0 Å². The van der Waals surface area contributed by atoms with E-state index in [1.54, 1.807) is 12.1 Å². The van der Waals surface area contributed by atoms with Crippen LogP contribution in [-0.4, -0.2) is 23.0 Å². The number of anilines is 1. The molecule has 0 aliphatic carbocycles. The molecule has 4 N–H and O–H groups in total. The Kier molecular flexibility index (Phi) is 3.68. The van der Waals surface area contributed by atoms with Gasteiger partial charge in [-0.05, 0) is 18.2 Å². The van der Waals surface area contributed by atoms with E-state index in [0.29, 0.717) is 16.3 Å². The van der Waals surface area contributed by atoms with Gasteiger partial charge in [-0.15, -0.1) is 0 Å². The Bertz CT molecular complexity index is 406. The lowest BCUT2D eigenvalue weighted by molar-refractivity contribution is -0.115. The van der Waals surface area contributed by atoms with Crippen molar-refractivity contribution in [3.8, 4) is 5.75 Å². The lowest BCUT2D eigenvalue weighted by atomic mass is 10.3. The third kappa shape index (κ3) is 2.95. The minimum atomic E-state index is -1.52. The maximum atomic E-state index is 11.6. The Morgan fingerprint density at radius 3 is 2.73 bits per heavy atom. The molecule has 0 spiro atoms. The van der Waals surface area contributed by atoms with Gasteiger partial charge in [0, 0.05) is 5.69 Å². The Morgan fingerprint density at radius 2 is 2.20 bits per heavy atom. The van der Waals surface area contributed by atoms with E-state index < -0.39 is 16.7 Å². The van der Waals surface area contributed by atoms with Gasteiger partial charge in [-0.2, -0.15) is 0 Å². The molecule has 1 atom stereocenters. The molecule has 1 rings (SSSR count). The monoisotopic (exact) mass is 228 g/mol. The molecule has 6 heteroatoms. The predicted molar refractivity (Wildman–Crippen MR) is 57.9 cm³/mol. The van der Waals surface area contributed by atoms with Gasteiger partial charge in [0.2, 0.25) is 5.91 Å². The molecule has 1 aromatic rings. The molecule has 1 aromatic carbocycles. The van der Waals surface area contributed by atoms with Gasteiger partial charge in [-0.3, -0.25) is 9.00 Å². The molecule has 0 aliphatic rings. The molecule has 0 saturated heterocycles. The van der Waals surface area contributed by atoms with Crippen molar-refractivity contribution in [2.24, 2.45) is 5.73 Å². The molecule has 5 nitrogen and oxygen atoms in total. The van der Waals surface area contributed by atoms with Crippen molar-refractivity contribution in [3.63, 3.8) is 0 Å². The van der Waals surface area contributed by atoms with Crippen molar-refractivity contribution >= 4 is 22.4 Å². The third-order valence-electron chi connectivity index (χ3n) is 1.74. The third-order valence-corrected chi connectivity index (χ3v) is 3.13. The molecule has 0 fully saturated rings. The summed E-state index contributed by atoms with van der Waals surface area (Å²) in [7, 11) is -0.0241. The summed E-state index contributed by atoms with van der Waals surface area (Å²) in [6, 6.07) is 4.77. The van der Waals surface area contributed by atoms with E-state index in [-0.39, 0.29) is 5.75 Å². The Labute approximate surface area is 89.9 Å². The zero-order chi connectivity index (χ0) is 11.4. The summed E-state index contributed by atoms with van der Waals surface area (Å²) < 4.78 is 16.6. The minimum Gasteiger partial charge on any atom is -0.497 e. The van der Waals surface area contributed by atoms with Crippen LogP contribution in [0.3, 0.4) is 0 Å². The molecular formula is C9H12N2O3S. The SMILES string of the molecule is COc1ccc(N)c(S(=O)CC(N)=O)c1. The summed E-state index contributed by atoms with van der Waals surface area (Å²) in [5.74, 6) is -0.329. The van der Waals surface area contributed by atoms with Crippen LogP contribution in [0.5, 0.6) is 5.75 Å². The van der Waals surface area contributed by atoms with Crippen LogP contribution in [-0.2, 0) is 15.6 Å². The van der Waals surface area contributed by atoms with Gasteiger partial charge in [0.25, 0.3) is 0 Å². The lowest BCUT2D eigenvalue weighted by Gasteiger charge is -2.06. The number of amides is 1. The van der Waals surface area contributed by atoms with Crippen molar-refractivity contribution in [2.75, 3.05) is 18.6 Å². The number of ether oxygens (including phenoxy) is 1. The number of carbonyl (C=O) groups is 1. The fourth-order valence-electron chi connectivity index (χ4n) is 1.05. The first-order chi connectivity index (χ1) is 7.04. The number of methoxy groups -OCH3 is 1.